The molecule has 0 spiro atoms. The van der Waals surface area contributed by atoms with Gasteiger partial charge in [-0.3, -0.25) is 9.59 Å². The summed E-state index contributed by atoms with van der Waals surface area (Å²) in [6.45, 7) is 17.8. The first-order valence-electron chi connectivity index (χ1n) is 10.8. The lowest BCUT2D eigenvalue weighted by molar-refractivity contribution is -0.139. The minimum Gasteiger partial charge on any atom is -0.344 e. The second-order valence-corrected chi connectivity index (χ2v) is 11.5. The third-order valence-electron chi connectivity index (χ3n) is 6.48. The molecule has 0 unspecified atom stereocenters. The molecule has 2 amide bonds. The fraction of sp³-hybridized carbons (Fsp3) is 0.652. The summed E-state index contributed by atoms with van der Waals surface area (Å²) < 4.78 is 28.4. The summed E-state index contributed by atoms with van der Waals surface area (Å²) in [6, 6.07) is -0.651. The van der Waals surface area contributed by atoms with E-state index in [0.717, 1.165) is 27.8 Å². The van der Waals surface area contributed by atoms with Crippen molar-refractivity contribution in [2.75, 3.05) is 26.2 Å². The van der Waals surface area contributed by atoms with Gasteiger partial charge in [-0.2, -0.15) is 4.31 Å². The predicted molar refractivity (Wildman–Crippen MR) is 123 cm³/mol. The molecule has 0 bridgehead atoms. The average molecular weight is 452 g/mol. The Labute approximate surface area is 187 Å². The number of carbonyl (C=O) groups is 2. The van der Waals surface area contributed by atoms with E-state index in [1.165, 1.54) is 4.31 Å². The standard InChI is InChI=1S/C23H37N3O4S/c1-14-15(2)17(4)20(18(5)16(14)3)31(29,30)26-12-10-25(11-13-26)21(27)19(6)24-22(28)23(7,8)9/h19H,10-13H2,1-9H3,(H,24,28)/t19-/m1/s1. The Morgan fingerprint density at radius 3 is 1.68 bits per heavy atom. The van der Waals surface area contributed by atoms with Crippen molar-refractivity contribution >= 4 is 21.8 Å². The Bertz CT molecular complexity index is 956. The zero-order chi connectivity index (χ0) is 23.9. The van der Waals surface area contributed by atoms with Gasteiger partial charge in [0.1, 0.15) is 6.04 Å². The number of sulfonamides is 1. The van der Waals surface area contributed by atoms with Crippen LogP contribution in [0, 0.1) is 40.0 Å². The van der Waals surface area contributed by atoms with Crippen LogP contribution in [0.2, 0.25) is 0 Å². The van der Waals surface area contributed by atoms with Gasteiger partial charge in [0.25, 0.3) is 0 Å². The second-order valence-electron chi connectivity index (χ2n) is 9.63. The molecule has 1 aromatic carbocycles. The number of piperazine rings is 1. The maximum absolute atomic E-state index is 13.5. The molecule has 8 heteroatoms. The van der Waals surface area contributed by atoms with Crippen molar-refractivity contribution in [3.8, 4) is 0 Å². The zero-order valence-electron chi connectivity index (χ0n) is 20.3. The van der Waals surface area contributed by atoms with E-state index in [1.54, 1.807) is 32.6 Å². The lowest BCUT2D eigenvalue weighted by Crippen LogP contribution is -2.56. The normalized spacial score (nSPS) is 16.9. The lowest BCUT2D eigenvalue weighted by atomic mass is 9.95. The van der Waals surface area contributed by atoms with Crippen LogP contribution in [0.5, 0.6) is 0 Å². The van der Waals surface area contributed by atoms with Crippen LogP contribution in [0.4, 0.5) is 0 Å². The topological polar surface area (TPSA) is 86.8 Å². The third-order valence-corrected chi connectivity index (χ3v) is 8.65. The molecule has 1 aromatic rings. The zero-order valence-corrected chi connectivity index (χ0v) is 21.2. The van der Waals surface area contributed by atoms with Crippen LogP contribution >= 0.6 is 0 Å². The van der Waals surface area contributed by atoms with Crippen LogP contribution in [-0.4, -0.2) is 61.7 Å². The molecule has 1 N–H and O–H groups in total. The van der Waals surface area contributed by atoms with E-state index in [9.17, 15) is 18.0 Å². The number of carbonyl (C=O) groups excluding carboxylic acids is 2. The molecule has 1 aliphatic rings. The van der Waals surface area contributed by atoms with Crippen molar-refractivity contribution < 1.29 is 18.0 Å². The minimum atomic E-state index is -3.67. The quantitative estimate of drug-likeness (QED) is 0.762. The summed E-state index contributed by atoms with van der Waals surface area (Å²) in [4.78, 5) is 27.0. The van der Waals surface area contributed by atoms with Crippen LogP contribution in [0.1, 0.15) is 55.5 Å². The third kappa shape index (κ3) is 4.95. The summed E-state index contributed by atoms with van der Waals surface area (Å²) in [5.41, 5.74) is 4.12. The maximum Gasteiger partial charge on any atom is 0.244 e. The van der Waals surface area contributed by atoms with Crippen LogP contribution in [0.25, 0.3) is 0 Å². The monoisotopic (exact) mass is 451 g/mol. The summed E-state index contributed by atoms with van der Waals surface area (Å²) in [7, 11) is -3.67. The van der Waals surface area contributed by atoms with E-state index in [-0.39, 0.29) is 24.9 Å². The fourth-order valence-electron chi connectivity index (χ4n) is 3.88. The number of hydrogen-bond donors (Lipinski definition) is 1. The van der Waals surface area contributed by atoms with Gasteiger partial charge in [-0.1, -0.05) is 20.8 Å². The number of amides is 2. The van der Waals surface area contributed by atoms with Gasteiger partial charge in [-0.15, -0.1) is 0 Å². The van der Waals surface area contributed by atoms with Crippen molar-refractivity contribution in [2.24, 2.45) is 5.41 Å². The molecule has 1 fully saturated rings. The van der Waals surface area contributed by atoms with E-state index in [1.807, 2.05) is 34.6 Å². The first kappa shape index (κ1) is 25.3. The molecule has 174 valence electrons. The van der Waals surface area contributed by atoms with Gasteiger partial charge in [-0.05, 0) is 69.4 Å². The Balaban J connectivity index is 2.16. The van der Waals surface area contributed by atoms with Crippen molar-refractivity contribution in [1.82, 2.24) is 14.5 Å². The molecular formula is C23H37N3O4S. The highest BCUT2D eigenvalue weighted by Gasteiger charge is 2.35. The van der Waals surface area contributed by atoms with E-state index >= 15 is 0 Å². The van der Waals surface area contributed by atoms with Crippen molar-refractivity contribution in [1.29, 1.82) is 0 Å². The highest BCUT2D eigenvalue weighted by molar-refractivity contribution is 7.89. The summed E-state index contributed by atoms with van der Waals surface area (Å²) in [5.74, 6) is -0.380. The van der Waals surface area contributed by atoms with Gasteiger partial charge in [0, 0.05) is 31.6 Å². The van der Waals surface area contributed by atoms with E-state index in [4.69, 9.17) is 0 Å². The summed E-state index contributed by atoms with van der Waals surface area (Å²) in [6.07, 6.45) is 0. The Morgan fingerprint density at radius 2 is 1.26 bits per heavy atom. The first-order chi connectivity index (χ1) is 14.1. The minimum absolute atomic E-state index is 0.189. The molecule has 0 radical (unpaired) electrons. The van der Waals surface area contributed by atoms with Crippen molar-refractivity contribution in [2.45, 2.75) is 73.3 Å². The predicted octanol–water partition coefficient (Wildman–Crippen LogP) is 2.61. The van der Waals surface area contributed by atoms with Crippen LogP contribution in [0.15, 0.2) is 4.90 Å². The molecular weight excluding hydrogens is 414 g/mol. The summed E-state index contributed by atoms with van der Waals surface area (Å²) in [5, 5.41) is 2.75. The largest absolute Gasteiger partial charge is 0.344 e. The first-order valence-corrected chi connectivity index (χ1v) is 12.2. The van der Waals surface area contributed by atoms with Gasteiger partial charge in [0.2, 0.25) is 21.8 Å². The molecule has 1 saturated heterocycles. The molecule has 1 atom stereocenters. The number of benzene rings is 1. The fourth-order valence-corrected chi connectivity index (χ4v) is 5.86. The smallest absolute Gasteiger partial charge is 0.244 e. The van der Waals surface area contributed by atoms with Crippen LogP contribution in [-0.2, 0) is 19.6 Å². The van der Waals surface area contributed by atoms with E-state index in [0.29, 0.717) is 18.0 Å². The second kappa shape index (κ2) is 8.90. The van der Waals surface area contributed by atoms with E-state index in [2.05, 4.69) is 5.32 Å². The number of nitrogens with one attached hydrogen (secondary N) is 1. The van der Waals surface area contributed by atoms with Crippen LogP contribution in [0.3, 0.4) is 0 Å². The van der Waals surface area contributed by atoms with Gasteiger partial charge in [0.05, 0.1) is 4.90 Å². The van der Waals surface area contributed by atoms with Crippen molar-refractivity contribution in [3.05, 3.63) is 27.8 Å². The SMILES string of the molecule is Cc1c(C)c(C)c(S(=O)(=O)N2CCN(C(=O)[C@@H](C)NC(=O)C(C)(C)C)CC2)c(C)c1C. The highest BCUT2D eigenvalue weighted by Crippen LogP contribution is 2.32. The molecule has 7 nitrogen and oxygen atoms in total. The summed E-state index contributed by atoms with van der Waals surface area (Å²) >= 11 is 0. The molecule has 1 heterocycles. The molecule has 2 rings (SSSR count). The van der Waals surface area contributed by atoms with Gasteiger partial charge >= 0.3 is 0 Å². The number of nitrogens with zero attached hydrogens (tertiary/aromatic N) is 2. The van der Waals surface area contributed by atoms with Gasteiger partial charge in [0.15, 0.2) is 0 Å². The average Bonchev–Trinajstić information content (AvgIpc) is 2.69. The molecule has 31 heavy (non-hydrogen) atoms. The maximum atomic E-state index is 13.5. The molecule has 0 aromatic heterocycles. The number of hydrogen-bond acceptors (Lipinski definition) is 4. The molecule has 0 saturated carbocycles. The number of rotatable bonds is 4. The highest BCUT2D eigenvalue weighted by atomic mass is 32.2. The van der Waals surface area contributed by atoms with Gasteiger partial charge in [-0.25, -0.2) is 8.42 Å². The van der Waals surface area contributed by atoms with E-state index < -0.39 is 21.5 Å². The van der Waals surface area contributed by atoms with Crippen LogP contribution < -0.4 is 5.32 Å². The lowest BCUT2D eigenvalue weighted by Gasteiger charge is -2.36. The molecule has 0 aliphatic carbocycles. The molecule has 1 aliphatic heterocycles. The van der Waals surface area contributed by atoms with Gasteiger partial charge < -0.3 is 10.2 Å². The Morgan fingerprint density at radius 1 is 0.839 bits per heavy atom. The van der Waals surface area contributed by atoms with Crippen molar-refractivity contribution in [3.63, 3.8) is 0 Å². The Kier molecular flexibility index (Phi) is 7.27. The Hall–Kier alpha value is -1.93.